The normalized spacial score (nSPS) is 15.6. The van der Waals surface area contributed by atoms with Gasteiger partial charge in [0.1, 0.15) is 18.0 Å². The Labute approximate surface area is 142 Å². The number of nitrogens with one attached hydrogen (secondary N) is 1. The molecule has 124 valence electrons. The van der Waals surface area contributed by atoms with E-state index in [9.17, 15) is 4.79 Å². The first-order chi connectivity index (χ1) is 11.7. The molecule has 2 aromatic rings. The van der Waals surface area contributed by atoms with Gasteiger partial charge in [-0.1, -0.05) is 37.3 Å². The van der Waals surface area contributed by atoms with Crippen molar-refractivity contribution in [3.05, 3.63) is 54.4 Å². The van der Waals surface area contributed by atoms with Gasteiger partial charge in [-0.3, -0.25) is 4.79 Å². The quantitative estimate of drug-likeness (QED) is 0.877. The summed E-state index contributed by atoms with van der Waals surface area (Å²) in [7, 11) is 0. The van der Waals surface area contributed by atoms with Gasteiger partial charge in [0.15, 0.2) is 0 Å². The fraction of sp³-hybridized carbons (Fsp3) is 0.316. The number of hydrogen-bond acceptors (Lipinski definition) is 4. The largest absolute Gasteiger partial charge is 0.356 e. The van der Waals surface area contributed by atoms with E-state index in [0.29, 0.717) is 5.82 Å². The maximum Gasteiger partial charge on any atom is 0.249 e. The molecule has 1 fully saturated rings. The first-order valence-corrected chi connectivity index (χ1v) is 8.32. The van der Waals surface area contributed by atoms with Gasteiger partial charge in [0.2, 0.25) is 5.91 Å². The van der Waals surface area contributed by atoms with Gasteiger partial charge in [0, 0.05) is 25.2 Å². The molecule has 1 aromatic carbocycles. The Balaban J connectivity index is 1.62. The molecule has 1 aromatic heterocycles. The molecule has 2 heterocycles. The van der Waals surface area contributed by atoms with Crippen LogP contribution in [0, 0.1) is 5.92 Å². The van der Waals surface area contributed by atoms with E-state index in [2.05, 4.69) is 27.1 Å². The molecule has 1 N–H and O–H groups in total. The van der Waals surface area contributed by atoms with E-state index < -0.39 is 0 Å². The van der Waals surface area contributed by atoms with E-state index in [0.717, 1.165) is 30.4 Å². The molecule has 1 aliphatic rings. The zero-order chi connectivity index (χ0) is 16.8. The summed E-state index contributed by atoms with van der Waals surface area (Å²) in [4.78, 5) is 22.8. The van der Waals surface area contributed by atoms with Gasteiger partial charge in [0.05, 0.1) is 0 Å². The average Bonchev–Trinajstić information content (AvgIpc) is 2.62. The van der Waals surface area contributed by atoms with E-state index in [1.165, 1.54) is 25.2 Å². The first kappa shape index (κ1) is 16.2. The molecular formula is C19H22N4O. The highest BCUT2D eigenvalue weighted by atomic mass is 16.1. The number of rotatable bonds is 4. The number of benzene rings is 1. The van der Waals surface area contributed by atoms with Crippen LogP contribution in [0.2, 0.25) is 0 Å². The van der Waals surface area contributed by atoms with Crippen molar-refractivity contribution in [2.45, 2.75) is 19.8 Å². The van der Waals surface area contributed by atoms with Crippen LogP contribution in [-0.2, 0) is 4.79 Å². The van der Waals surface area contributed by atoms with Crippen LogP contribution in [0.4, 0.5) is 11.6 Å². The van der Waals surface area contributed by atoms with E-state index >= 15 is 0 Å². The van der Waals surface area contributed by atoms with Gasteiger partial charge >= 0.3 is 0 Å². The van der Waals surface area contributed by atoms with Crippen LogP contribution < -0.4 is 10.2 Å². The molecule has 0 bridgehead atoms. The van der Waals surface area contributed by atoms with Gasteiger partial charge in [-0.05, 0) is 30.4 Å². The minimum atomic E-state index is -0.198. The molecule has 0 radical (unpaired) electrons. The van der Waals surface area contributed by atoms with Crippen molar-refractivity contribution in [1.82, 2.24) is 9.97 Å². The van der Waals surface area contributed by atoms with Crippen LogP contribution in [-0.4, -0.2) is 29.0 Å². The second-order valence-corrected chi connectivity index (χ2v) is 6.16. The lowest BCUT2D eigenvalue weighted by Gasteiger charge is -2.31. The summed E-state index contributed by atoms with van der Waals surface area (Å²) >= 11 is 0. The van der Waals surface area contributed by atoms with Crippen LogP contribution in [0.1, 0.15) is 25.3 Å². The third kappa shape index (κ3) is 4.41. The second-order valence-electron chi connectivity index (χ2n) is 6.16. The maximum absolute atomic E-state index is 12.0. The molecular weight excluding hydrogens is 300 g/mol. The zero-order valence-corrected chi connectivity index (χ0v) is 13.9. The Hall–Kier alpha value is -2.69. The molecule has 1 amide bonds. The van der Waals surface area contributed by atoms with Crippen LogP contribution in [0.15, 0.2) is 48.8 Å². The van der Waals surface area contributed by atoms with Crippen LogP contribution in [0.25, 0.3) is 6.08 Å². The van der Waals surface area contributed by atoms with E-state index in [4.69, 9.17) is 0 Å². The first-order valence-electron chi connectivity index (χ1n) is 8.32. The number of aromatic nitrogens is 2. The van der Waals surface area contributed by atoms with Crippen molar-refractivity contribution >= 4 is 23.6 Å². The predicted molar refractivity (Wildman–Crippen MR) is 96.7 cm³/mol. The van der Waals surface area contributed by atoms with Crippen molar-refractivity contribution in [1.29, 1.82) is 0 Å². The highest BCUT2D eigenvalue weighted by Crippen LogP contribution is 2.22. The van der Waals surface area contributed by atoms with Gasteiger partial charge in [-0.2, -0.15) is 0 Å². The molecule has 0 aliphatic carbocycles. The van der Waals surface area contributed by atoms with Gasteiger partial charge in [-0.25, -0.2) is 9.97 Å². The summed E-state index contributed by atoms with van der Waals surface area (Å²) in [6.07, 6.45) is 7.14. The second kappa shape index (κ2) is 7.73. The van der Waals surface area contributed by atoms with Crippen molar-refractivity contribution in [2.24, 2.45) is 5.92 Å². The summed E-state index contributed by atoms with van der Waals surface area (Å²) in [6, 6.07) is 11.6. The fourth-order valence-corrected chi connectivity index (χ4v) is 2.73. The summed E-state index contributed by atoms with van der Waals surface area (Å²) in [5.74, 6) is 1.97. The topological polar surface area (TPSA) is 58.1 Å². The van der Waals surface area contributed by atoms with Crippen LogP contribution >= 0.6 is 0 Å². The molecule has 1 saturated heterocycles. The Morgan fingerprint density at radius 1 is 1.21 bits per heavy atom. The summed E-state index contributed by atoms with van der Waals surface area (Å²) in [6.45, 7) is 4.28. The molecule has 0 atom stereocenters. The maximum atomic E-state index is 12.0. The molecule has 1 aliphatic heterocycles. The molecule has 5 nitrogen and oxygen atoms in total. The lowest BCUT2D eigenvalue weighted by atomic mass is 9.99. The number of nitrogens with zero attached hydrogens (tertiary/aromatic N) is 3. The Kier molecular flexibility index (Phi) is 5.21. The van der Waals surface area contributed by atoms with Crippen molar-refractivity contribution in [3.63, 3.8) is 0 Å². The Morgan fingerprint density at radius 3 is 2.71 bits per heavy atom. The summed E-state index contributed by atoms with van der Waals surface area (Å²) < 4.78 is 0. The van der Waals surface area contributed by atoms with Crippen LogP contribution in [0.3, 0.4) is 0 Å². The molecule has 0 unspecified atom stereocenters. The van der Waals surface area contributed by atoms with Crippen molar-refractivity contribution in [2.75, 3.05) is 23.3 Å². The number of hydrogen-bond donors (Lipinski definition) is 1. The third-order valence-electron chi connectivity index (χ3n) is 4.24. The molecule has 5 heteroatoms. The monoisotopic (exact) mass is 322 g/mol. The van der Waals surface area contributed by atoms with Gasteiger partial charge < -0.3 is 10.2 Å². The average molecular weight is 322 g/mol. The minimum Gasteiger partial charge on any atom is -0.356 e. The Bertz CT molecular complexity index is 706. The number of carbonyl (C=O) groups excluding carboxylic acids is 1. The third-order valence-corrected chi connectivity index (χ3v) is 4.24. The SMILES string of the molecule is CC1CCN(c2cc(NC(=O)/C=C/c3ccccc3)ncn2)CC1. The highest BCUT2D eigenvalue weighted by molar-refractivity contribution is 6.01. The lowest BCUT2D eigenvalue weighted by molar-refractivity contribution is -0.111. The van der Waals surface area contributed by atoms with E-state index in [1.807, 2.05) is 36.4 Å². The van der Waals surface area contributed by atoms with Crippen molar-refractivity contribution in [3.8, 4) is 0 Å². The predicted octanol–water partition coefficient (Wildman–Crippen LogP) is 3.36. The summed E-state index contributed by atoms with van der Waals surface area (Å²) in [5, 5.41) is 2.80. The number of anilines is 2. The lowest BCUT2D eigenvalue weighted by Crippen LogP contribution is -2.33. The Morgan fingerprint density at radius 2 is 1.96 bits per heavy atom. The van der Waals surface area contributed by atoms with Gasteiger partial charge in [0.25, 0.3) is 0 Å². The fourth-order valence-electron chi connectivity index (χ4n) is 2.73. The molecule has 3 rings (SSSR count). The number of amides is 1. The molecule has 0 spiro atoms. The molecule has 0 saturated carbocycles. The standard InChI is InChI=1S/C19H22N4O/c1-15-9-11-23(12-10-15)18-13-17(20-14-21-18)22-19(24)8-7-16-5-3-2-4-6-16/h2-8,13-15H,9-12H2,1H3,(H,20,21,22,24)/b8-7+. The summed E-state index contributed by atoms with van der Waals surface area (Å²) in [5.41, 5.74) is 0.985. The minimum absolute atomic E-state index is 0.198. The number of piperidine rings is 1. The van der Waals surface area contributed by atoms with E-state index in [-0.39, 0.29) is 5.91 Å². The highest BCUT2D eigenvalue weighted by Gasteiger charge is 2.17. The van der Waals surface area contributed by atoms with Gasteiger partial charge in [-0.15, -0.1) is 0 Å². The zero-order valence-electron chi connectivity index (χ0n) is 13.9. The number of carbonyl (C=O) groups is 1. The van der Waals surface area contributed by atoms with E-state index in [1.54, 1.807) is 6.08 Å². The molecule has 24 heavy (non-hydrogen) atoms. The smallest absolute Gasteiger partial charge is 0.249 e. The van der Waals surface area contributed by atoms with Crippen molar-refractivity contribution < 1.29 is 4.79 Å². The van der Waals surface area contributed by atoms with Crippen LogP contribution in [0.5, 0.6) is 0 Å².